The maximum atomic E-state index is 11.1. The van der Waals surface area contributed by atoms with Crippen LogP contribution in [0, 0.1) is 0 Å². The fourth-order valence-corrected chi connectivity index (χ4v) is 3.26. The molecule has 0 radical (unpaired) electrons. The second-order valence-electron chi connectivity index (χ2n) is 5.76. The molecular weight excluding hydrogens is 252 g/mol. The van der Waals surface area contributed by atoms with Crippen molar-refractivity contribution in [2.45, 2.75) is 57.2 Å². The van der Waals surface area contributed by atoms with Gasteiger partial charge in [-0.2, -0.15) is 0 Å². The van der Waals surface area contributed by atoms with Crippen LogP contribution in [0.2, 0.25) is 0 Å². The Hall–Kier alpha value is -1.35. The first-order valence-electron chi connectivity index (χ1n) is 7.62. The number of hydrogen-bond donors (Lipinski definition) is 0. The van der Waals surface area contributed by atoms with Crippen LogP contribution in [-0.2, 0) is 27.1 Å². The zero-order valence-electron chi connectivity index (χ0n) is 12.1. The van der Waals surface area contributed by atoms with E-state index in [1.54, 1.807) is 0 Å². The van der Waals surface area contributed by atoms with Crippen molar-refractivity contribution in [2.75, 3.05) is 7.11 Å². The van der Waals surface area contributed by atoms with Gasteiger partial charge in [-0.05, 0) is 55.2 Å². The molecule has 1 saturated heterocycles. The highest BCUT2D eigenvalue weighted by atomic mass is 16.6. The van der Waals surface area contributed by atoms with E-state index in [4.69, 9.17) is 4.74 Å². The van der Waals surface area contributed by atoms with E-state index in [9.17, 15) is 4.79 Å². The van der Waals surface area contributed by atoms with Crippen LogP contribution in [0.3, 0.4) is 0 Å². The Morgan fingerprint density at radius 3 is 3.05 bits per heavy atom. The van der Waals surface area contributed by atoms with Crippen molar-refractivity contribution in [3.8, 4) is 0 Å². The van der Waals surface area contributed by atoms with Crippen LogP contribution in [0.5, 0.6) is 0 Å². The standard InChI is InChI=1S/C17H22O3/c1-19-16(18)11-5-10-15-17(20-15)14-9-4-7-12-6-2-3-8-13(12)14/h4,7,9,15,17H,2-3,5-6,8,10-11H2,1H3. The molecule has 3 rings (SSSR count). The van der Waals surface area contributed by atoms with Crippen molar-refractivity contribution in [1.82, 2.24) is 0 Å². The molecule has 0 N–H and O–H groups in total. The number of rotatable bonds is 5. The quantitative estimate of drug-likeness (QED) is 0.610. The van der Waals surface area contributed by atoms with E-state index < -0.39 is 0 Å². The molecule has 20 heavy (non-hydrogen) atoms. The molecule has 0 saturated carbocycles. The maximum absolute atomic E-state index is 11.1. The van der Waals surface area contributed by atoms with Gasteiger partial charge in [-0.15, -0.1) is 0 Å². The molecule has 2 atom stereocenters. The number of epoxide rings is 1. The summed E-state index contributed by atoms with van der Waals surface area (Å²) >= 11 is 0. The zero-order chi connectivity index (χ0) is 13.9. The van der Waals surface area contributed by atoms with Gasteiger partial charge in [-0.1, -0.05) is 18.2 Å². The topological polar surface area (TPSA) is 38.8 Å². The number of esters is 1. The molecule has 3 heteroatoms. The van der Waals surface area contributed by atoms with E-state index in [1.165, 1.54) is 49.5 Å². The van der Waals surface area contributed by atoms with E-state index in [0.29, 0.717) is 12.5 Å². The van der Waals surface area contributed by atoms with Crippen LogP contribution in [-0.4, -0.2) is 19.2 Å². The third kappa shape index (κ3) is 2.88. The minimum absolute atomic E-state index is 0.126. The molecule has 2 unspecified atom stereocenters. The van der Waals surface area contributed by atoms with Crippen molar-refractivity contribution in [3.63, 3.8) is 0 Å². The lowest BCUT2D eigenvalue weighted by molar-refractivity contribution is -0.140. The first kappa shape index (κ1) is 13.6. The molecule has 108 valence electrons. The fraction of sp³-hybridized carbons (Fsp3) is 0.588. The molecule has 1 heterocycles. The fourth-order valence-electron chi connectivity index (χ4n) is 3.26. The summed E-state index contributed by atoms with van der Waals surface area (Å²) in [5.74, 6) is -0.126. The molecular formula is C17H22O3. The number of carbonyl (C=O) groups excluding carboxylic acids is 1. The van der Waals surface area contributed by atoms with E-state index in [1.807, 2.05) is 0 Å². The van der Waals surface area contributed by atoms with Crippen LogP contribution in [0.15, 0.2) is 18.2 Å². The molecule has 1 aliphatic heterocycles. The maximum Gasteiger partial charge on any atom is 0.305 e. The molecule has 1 aromatic rings. The highest BCUT2D eigenvalue weighted by Crippen LogP contribution is 2.44. The minimum atomic E-state index is -0.126. The Bertz CT molecular complexity index is 495. The molecule has 1 fully saturated rings. The Morgan fingerprint density at radius 1 is 1.35 bits per heavy atom. The summed E-state index contributed by atoms with van der Waals surface area (Å²) in [6.45, 7) is 0. The smallest absolute Gasteiger partial charge is 0.305 e. The highest BCUT2D eigenvalue weighted by Gasteiger charge is 2.41. The van der Waals surface area contributed by atoms with Gasteiger partial charge in [0, 0.05) is 6.42 Å². The molecule has 0 amide bonds. The van der Waals surface area contributed by atoms with E-state index in [2.05, 4.69) is 22.9 Å². The summed E-state index contributed by atoms with van der Waals surface area (Å²) in [5, 5.41) is 0. The van der Waals surface area contributed by atoms with Gasteiger partial charge < -0.3 is 9.47 Å². The molecule has 2 aliphatic rings. The number of ether oxygens (including phenoxy) is 2. The van der Waals surface area contributed by atoms with Crippen LogP contribution >= 0.6 is 0 Å². The number of carbonyl (C=O) groups is 1. The summed E-state index contributed by atoms with van der Waals surface area (Å²) in [6.07, 6.45) is 7.87. The van der Waals surface area contributed by atoms with Crippen LogP contribution < -0.4 is 0 Å². The van der Waals surface area contributed by atoms with Crippen LogP contribution in [0.25, 0.3) is 0 Å². The number of methoxy groups -OCH3 is 1. The third-order valence-electron chi connectivity index (χ3n) is 4.42. The molecule has 1 aliphatic carbocycles. The van der Waals surface area contributed by atoms with E-state index >= 15 is 0 Å². The van der Waals surface area contributed by atoms with Gasteiger partial charge in [0.2, 0.25) is 0 Å². The zero-order valence-corrected chi connectivity index (χ0v) is 12.1. The number of fused-ring (bicyclic) bond motifs is 1. The first-order valence-corrected chi connectivity index (χ1v) is 7.62. The van der Waals surface area contributed by atoms with Gasteiger partial charge in [0.05, 0.1) is 13.2 Å². The van der Waals surface area contributed by atoms with Crippen molar-refractivity contribution in [1.29, 1.82) is 0 Å². The molecule has 0 spiro atoms. The average molecular weight is 274 g/mol. The Morgan fingerprint density at radius 2 is 2.20 bits per heavy atom. The summed E-state index contributed by atoms with van der Waals surface area (Å²) in [6, 6.07) is 6.63. The summed E-state index contributed by atoms with van der Waals surface area (Å²) in [5.41, 5.74) is 4.43. The van der Waals surface area contributed by atoms with Gasteiger partial charge in [-0.3, -0.25) is 4.79 Å². The van der Waals surface area contributed by atoms with Gasteiger partial charge in [0.15, 0.2) is 0 Å². The lowest BCUT2D eigenvalue weighted by Crippen LogP contribution is -2.06. The number of hydrogen-bond acceptors (Lipinski definition) is 3. The third-order valence-corrected chi connectivity index (χ3v) is 4.42. The minimum Gasteiger partial charge on any atom is -0.469 e. The van der Waals surface area contributed by atoms with E-state index in [0.717, 1.165) is 12.8 Å². The monoisotopic (exact) mass is 274 g/mol. The van der Waals surface area contributed by atoms with Crippen molar-refractivity contribution in [2.24, 2.45) is 0 Å². The SMILES string of the molecule is COC(=O)CCCC1OC1c1cccc2c1CCCC2. The van der Waals surface area contributed by atoms with Crippen LogP contribution in [0.4, 0.5) is 0 Å². The Labute approximate surface area is 120 Å². The van der Waals surface area contributed by atoms with Crippen molar-refractivity contribution in [3.05, 3.63) is 34.9 Å². The Kier molecular flexibility index (Phi) is 4.06. The van der Waals surface area contributed by atoms with Gasteiger partial charge in [0.1, 0.15) is 6.10 Å². The number of benzene rings is 1. The summed E-state index contributed by atoms with van der Waals surface area (Å²) in [7, 11) is 1.44. The number of aryl methyl sites for hydroxylation is 1. The first-order chi connectivity index (χ1) is 9.79. The van der Waals surface area contributed by atoms with Gasteiger partial charge in [-0.25, -0.2) is 0 Å². The molecule has 0 aromatic heterocycles. The Balaban J connectivity index is 1.58. The average Bonchev–Trinajstić information content (AvgIpc) is 3.26. The summed E-state index contributed by atoms with van der Waals surface area (Å²) < 4.78 is 10.5. The van der Waals surface area contributed by atoms with Crippen molar-refractivity contribution >= 4 is 5.97 Å². The lowest BCUT2D eigenvalue weighted by atomic mass is 9.86. The highest BCUT2D eigenvalue weighted by molar-refractivity contribution is 5.69. The van der Waals surface area contributed by atoms with Crippen molar-refractivity contribution < 1.29 is 14.3 Å². The molecule has 1 aromatic carbocycles. The molecule has 3 nitrogen and oxygen atoms in total. The largest absolute Gasteiger partial charge is 0.469 e. The van der Waals surface area contributed by atoms with Gasteiger partial charge in [0.25, 0.3) is 0 Å². The van der Waals surface area contributed by atoms with Gasteiger partial charge >= 0.3 is 5.97 Å². The van der Waals surface area contributed by atoms with E-state index in [-0.39, 0.29) is 12.1 Å². The predicted molar refractivity (Wildman–Crippen MR) is 76.6 cm³/mol. The van der Waals surface area contributed by atoms with Crippen LogP contribution in [0.1, 0.15) is 54.9 Å². The normalized spacial score (nSPS) is 24.1. The second-order valence-corrected chi connectivity index (χ2v) is 5.76. The second kappa shape index (κ2) is 5.96. The lowest BCUT2D eigenvalue weighted by Gasteiger charge is -2.18. The summed E-state index contributed by atoms with van der Waals surface area (Å²) in [4.78, 5) is 11.1. The predicted octanol–water partition coefficient (Wildman–Crippen LogP) is 3.35. The molecule has 0 bridgehead atoms.